The number of hydrogen-bond donors (Lipinski definition) is 2. The van der Waals surface area contributed by atoms with E-state index < -0.39 is 0 Å². The molecular formula is C16H19N3O2. The Bertz CT molecular complexity index is 628. The van der Waals surface area contributed by atoms with E-state index in [0.717, 1.165) is 11.1 Å². The molecule has 1 aromatic carbocycles. The van der Waals surface area contributed by atoms with E-state index in [-0.39, 0.29) is 24.3 Å². The number of rotatable bonds is 2. The van der Waals surface area contributed by atoms with Crippen LogP contribution >= 0.6 is 0 Å². The molecule has 0 bridgehead atoms. The fraction of sp³-hybridized carbons (Fsp3) is 0.375. The number of primary amides is 1. The van der Waals surface area contributed by atoms with Gasteiger partial charge in [0.25, 0.3) is 5.91 Å². The number of benzene rings is 1. The first-order valence-corrected chi connectivity index (χ1v) is 6.91. The predicted molar refractivity (Wildman–Crippen MR) is 80.3 cm³/mol. The predicted octanol–water partition coefficient (Wildman–Crippen LogP) is 0.253. The van der Waals surface area contributed by atoms with Crippen molar-refractivity contribution in [3.8, 4) is 11.8 Å². The van der Waals surface area contributed by atoms with Crippen molar-refractivity contribution in [2.24, 2.45) is 17.4 Å². The average molecular weight is 285 g/mol. The number of likely N-dealkylation sites (tertiary alicyclic amines) is 1. The second-order valence-corrected chi connectivity index (χ2v) is 5.12. The van der Waals surface area contributed by atoms with Crippen LogP contribution in [0, 0.1) is 24.7 Å². The Morgan fingerprint density at radius 1 is 1.43 bits per heavy atom. The van der Waals surface area contributed by atoms with E-state index in [1.165, 1.54) is 0 Å². The molecule has 0 spiro atoms. The van der Waals surface area contributed by atoms with Gasteiger partial charge in [-0.05, 0) is 31.0 Å². The standard InChI is InChI=1S/C16H19N3O2/c1-11-12(5-3-8-17)4-2-6-14(11)16(21)19-9-7-13(10-19)15(18)20/h2,4,6,13H,7-10,17H2,1H3,(H2,18,20). The number of carbonyl (C=O) groups excluding carboxylic acids is 2. The monoisotopic (exact) mass is 285 g/mol. The van der Waals surface area contributed by atoms with Gasteiger partial charge in [0.2, 0.25) is 5.91 Å². The van der Waals surface area contributed by atoms with E-state index in [0.29, 0.717) is 25.1 Å². The zero-order valence-electron chi connectivity index (χ0n) is 12.1. The van der Waals surface area contributed by atoms with Gasteiger partial charge in [-0.25, -0.2) is 0 Å². The van der Waals surface area contributed by atoms with Crippen molar-refractivity contribution >= 4 is 11.8 Å². The quantitative estimate of drug-likeness (QED) is 0.763. The van der Waals surface area contributed by atoms with Crippen molar-refractivity contribution in [2.75, 3.05) is 19.6 Å². The highest BCUT2D eigenvalue weighted by atomic mass is 16.2. The summed E-state index contributed by atoms with van der Waals surface area (Å²) in [5, 5.41) is 0. The van der Waals surface area contributed by atoms with Gasteiger partial charge in [-0.2, -0.15) is 0 Å². The molecule has 110 valence electrons. The molecule has 0 saturated carbocycles. The van der Waals surface area contributed by atoms with Gasteiger partial charge in [0, 0.05) is 24.2 Å². The Hall–Kier alpha value is -2.32. The summed E-state index contributed by atoms with van der Waals surface area (Å²) in [7, 11) is 0. The molecule has 4 N–H and O–H groups in total. The Kier molecular flexibility index (Phi) is 4.61. The van der Waals surface area contributed by atoms with Crippen LogP contribution in [0.1, 0.15) is 27.9 Å². The van der Waals surface area contributed by atoms with Crippen LogP contribution in [0.25, 0.3) is 0 Å². The van der Waals surface area contributed by atoms with Gasteiger partial charge in [0.15, 0.2) is 0 Å². The second kappa shape index (κ2) is 6.42. The molecule has 2 amide bonds. The number of nitrogens with zero attached hydrogens (tertiary/aromatic N) is 1. The number of nitrogens with two attached hydrogens (primary N) is 2. The molecule has 1 atom stereocenters. The Balaban J connectivity index is 2.22. The van der Waals surface area contributed by atoms with Crippen LogP contribution in [0.2, 0.25) is 0 Å². The highest BCUT2D eigenvalue weighted by Crippen LogP contribution is 2.21. The van der Waals surface area contributed by atoms with E-state index in [4.69, 9.17) is 11.5 Å². The molecule has 1 heterocycles. The maximum Gasteiger partial charge on any atom is 0.254 e. The Labute approximate surface area is 124 Å². The van der Waals surface area contributed by atoms with Crippen LogP contribution in [0.5, 0.6) is 0 Å². The van der Waals surface area contributed by atoms with Crippen molar-refractivity contribution in [1.82, 2.24) is 4.90 Å². The molecule has 0 radical (unpaired) electrons. The minimum absolute atomic E-state index is 0.0763. The average Bonchev–Trinajstić information content (AvgIpc) is 2.95. The summed E-state index contributed by atoms with van der Waals surface area (Å²) in [6, 6.07) is 5.45. The lowest BCUT2D eigenvalue weighted by Crippen LogP contribution is -2.32. The maximum absolute atomic E-state index is 12.6. The summed E-state index contributed by atoms with van der Waals surface area (Å²) < 4.78 is 0. The normalized spacial score (nSPS) is 17.2. The number of hydrogen-bond acceptors (Lipinski definition) is 3. The van der Waals surface area contributed by atoms with Crippen LogP contribution in [0.15, 0.2) is 18.2 Å². The first-order valence-electron chi connectivity index (χ1n) is 6.91. The SMILES string of the molecule is Cc1c(C#CCN)cccc1C(=O)N1CCC(C(N)=O)C1. The Morgan fingerprint density at radius 3 is 2.81 bits per heavy atom. The number of amides is 2. The third kappa shape index (κ3) is 3.23. The first kappa shape index (κ1) is 15.1. The lowest BCUT2D eigenvalue weighted by molar-refractivity contribution is -0.121. The van der Waals surface area contributed by atoms with Crippen molar-refractivity contribution in [3.63, 3.8) is 0 Å². The molecule has 1 fully saturated rings. The molecule has 5 heteroatoms. The Morgan fingerprint density at radius 2 is 2.19 bits per heavy atom. The van der Waals surface area contributed by atoms with Gasteiger partial charge < -0.3 is 16.4 Å². The largest absolute Gasteiger partial charge is 0.369 e. The minimum atomic E-state index is -0.343. The molecule has 1 aliphatic heterocycles. The van der Waals surface area contributed by atoms with Crippen LogP contribution in [0.3, 0.4) is 0 Å². The summed E-state index contributed by atoms with van der Waals surface area (Å²) in [5.74, 6) is 5.10. The second-order valence-electron chi connectivity index (χ2n) is 5.12. The van der Waals surface area contributed by atoms with Crippen molar-refractivity contribution in [1.29, 1.82) is 0 Å². The van der Waals surface area contributed by atoms with E-state index in [2.05, 4.69) is 11.8 Å². The van der Waals surface area contributed by atoms with Crippen LogP contribution in [-0.4, -0.2) is 36.3 Å². The van der Waals surface area contributed by atoms with Crippen molar-refractivity contribution in [3.05, 3.63) is 34.9 Å². The zero-order valence-corrected chi connectivity index (χ0v) is 12.1. The lowest BCUT2D eigenvalue weighted by Gasteiger charge is -2.17. The topological polar surface area (TPSA) is 89.4 Å². The van der Waals surface area contributed by atoms with E-state index in [1.807, 2.05) is 19.1 Å². The molecule has 1 aliphatic rings. The van der Waals surface area contributed by atoms with Crippen LogP contribution in [-0.2, 0) is 4.79 Å². The molecule has 1 saturated heterocycles. The van der Waals surface area contributed by atoms with Gasteiger partial charge in [-0.15, -0.1) is 0 Å². The van der Waals surface area contributed by atoms with Gasteiger partial charge >= 0.3 is 0 Å². The van der Waals surface area contributed by atoms with Gasteiger partial charge in [-0.3, -0.25) is 9.59 Å². The fourth-order valence-electron chi connectivity index (χ4n) is 2.50. The zero-order chi connectivity index (χ0) is 15.4. The summed E-state index contributed by atoms with van der Waals surface area (Å²) in [5.41, 5.74) is 12.9. The van der Waals surface area contributed by atoms with Crippen molar-refractivity contribution in [2.45, 2.75) is 13.3 Å². The first-order chi connectivity index (χ1) is 10.0. The fourth-order valence-corrected chi connectivity index (χ4v) is 2.50. The highest BCUT2D eigenvalue weighted by molar-refractivity contribution is 5.96. The molecular weight excluding hydrogens is 266 g/mol. The summed E-state index contributed by atoms with van der Waals surface area (Å²) >= 11 is 0. The van der Waals surface area contributed by atoms with Crippen LogP contribution < -0.4 is 11.5 Å². The van der Waals surface area contributed by atoms with Gasteiger partial charge in [-0.1, -0.05) is 17.9 Å². The molecule has 21 heavy (non-hydrogen) atoms. The van der Waals surface area contributed by atoms with E-state index in [9.17, 15) is 9.59 Å². The van der Waals surface area contributed by atoms with Crippen LogP contribution in [0.4, 0.5) is 0 Å². The third-order valence-electron chi connectivity index (χ3n) is 3.77. The molecule has 5 nitrogen and oxygen atoms in total. The molecule has 1 unspecified atom stereocenters. The maximum atomic E-state index is 12.6. The van der Waals surface area contributed by atoms with E-state index >= 15 is 0 Å². The molecule has 2 rings (SSSR count). The summed E-state index contributed by atoms with van der Waals surface area (Å²) in [4.78, 5) is 25.4. The van der Waals surface area contributed by atoms with E-state index in [1.54, 1.807) is 11.0 Å². The third-order valence-corrected chi connectivity index (χ3v) is 3.77. The summed E-state index contributed by atoms with van der Waals surface area (Å²) in [6.07, 6.45) is 0.632. The highest BCUT2D eigenvalue weighted by Gasteiger charge is 2.30. The van der Waals surface area contributed by atoms with Gasteiger partial charge in [0.05, 0.1) is 12.5 Å². The number of carbonyl (C=O) groups is 2. The smallest absolute Gasteiger partial charge is 0.254 e. The molecule has 0 aliphatic carbocycles. The molecule has 1 aromatic rings. The van der Waals surface area contributed by atoms with Gasteiger partial charge in [0.1, 0.15) is 0 Å². The molecule has 0 aromatic heterocycles. The summed E-state index contributed by atoms with van der Waals surface area (Å²) in [6.45, 7) is 3.11. The lowest BCUT2D eigenvalue weighted by atomic mass is 10.0. The van der Waals surface area contributed by atoms with Crippen molar-refractivity contribution < 1.29 is 9.59 Å². The minimum Gasteiger partial charge on any atom is -0.369 e.